The van der Waals surface area contributed by atoms with E-state index < -0.39 is 41.9 Å². The molecule has 2 heterocycles. The van der Waals surface area contributed by atoms with Crippen LogP contribution < -0.4 is 15.1 Å². The summed E-state index contributed by atoms with van der Waals surface area (Å²) in [4.78, 5) is 41.0. The van der Waals surface area contributed by atoms with Gasteiger partial charge in [-0.3, -0.25) is 4.79 Å². The number of pyridine rings is 1. The van der Waals surface area contributed by atoms with Crippen molar-refractivity contribution in [3.05, 3.63) is 33.9 Å². The number of rotatable bonds is 7. The molecule has 1 aromatic heterocycles. The Labute approximate surface area is 219 Å². The first-order chi connectivity index (χ1) is 17.7. The van der Waals surface area contributed by atoms with Crippen molar-refractivity contribution in [2.75, 3.05) is 32.1 Å². The fourth-order valence-electron chi connectivity index (χ4n) is 4.72. The number of carbonyl (C=O) groups is 2. The van der Waals surface area contributed by atoms with Crippen LogP contribution >= 0.6 is 0 Å². The van der Waals surface area contributed by atoms with E-state index in [-0.39, 0.29) is 40.8 Å². The molecule has 1 aliphatic heterocycles. The molecule has 9 nitrogen and oxygen atoms in total. The summed E-state index contributed by atoms with van der Waals surface area (Å²) in [6, 6.07) is 0.784. The van der Waals surface area contributed by atoms with E-state index in [0.717, 1.165) is 12.3 Å². The molecule has 38 heavy (non-hydrogen) atoms. The van der Waals surface area contributed by atoms with Gasteiger partial charge in [0.1, 0.15) is 16.9 Å². The van der Waals surface area contributed by atoms with E-state index in [4.69, 9.17) is 9.47 Å². The molecule has 1 saturated heterocycles. The van der Waals surface area contributed by atoms with Gasteiger partial charge in [-0.1, -0.05) is 0 Å². The van der Waals surface area contributed by atoms with Crippen LogP contribution in [0.25, 0.3) is 10.9 Å². The monoisotopic (exact) mass is 539 g/mol. The van der Waals surface area contributed by atoms with Gasteiger partial charge in [-0.15, -0.1) is 0 Å². The molecule has 1 amide bonds. The first kappa shape index (κ1) is 29.2. The maximum Gasteiger partial charge on any atom is 0.798 e. The summed E-state index contributed by atoms with van der Waals surface area (Å²) in [7, 11) is -0.399. The second-order valence-corrected chi connectivity index (χ2v) is 10.3. The maximum absolute atomic E-state index is 15.6. The standard InChI is InChI=1S/C25H33BF3N3O6/c1-8-31-13-17(23(34)38-26(28)29)21(33)16-11-18(27)20(22(36-7)19(16)31)32-10-9-15(12-32)14(2)30(6)24(35)37-25(3,4)5/h11,13-15H,8-10,12H2,1-7H3/t14-,15+/m0/s1. The van der Waals surface area contributed by atoms with E-state index in [1.54, 1.807) is 39.6 Å². The van der Waals surface area contributed by atoms with Gasteiger partial charge in [0.05, 0.1) is 18.0 Å². The highest BCUT2D eigenvalue weighted by Gasteiger charge is 2.36. The van der Waals surface area contributed by atoms with E-state index in [1.807, 2.05) is 6.92 Å². The molecule has 0 radical (unpaired) electrons. The third-order valence-corrected chi connectivity index (χ3v) is 6.72. The summed E-state index contributed by atoms with van der Waals surface area (Å²) in [6.07, 6.45) is 1.32. The zero-order chi connectivity index (χ0) is 28.5. The Bertz CT molecular complexity index is 1280. The van der Waals surface area contributed by atoms with Crippen molar-refractivity contribution in [1.82, 2.24) is 9.47 Å². The number of hydrogen-bond acceptors (Lipinski definition) is 7. The van der Waals surface area contributed by atoms with Crippen molar-refractivity contribution in [3.8, 4) is 5.75 Å². The number of halogens is 3. The minimum absolute atomic E-state index is 0.00724. The first-order valence-corrected chi connectivity index (χ1v) is 12.3. The molecule has 1 fully saturated rings. The molecule has 13 heteroatoms. The van der Waals surface area contributed by atoms with Crippen molar-refractivity contribution in [1.29, 1.82) is 0 Å². The number of aryl methyl sites for hydroxylation is 1. The van der Waals surface area contributed by atoms with Crippen LogP contribution in [0.5, 0.6) is 5.75 Å². The number of benzene rings is 1. The molecule has 2 atom stereocenters. The normalized spacial score (nSPS) is 16.4. The summed E-state index contributed by atoms with van der Waals surface area (Å²) in [5.41, 5.74) is -1.84. The van der Waals surface area contributed by atoms with Crippen molar-refractivity contribution in [3.63, 3.8) is 0 Å². The quantitative estimate of drug-likeness (QED) is 0.484. The van der Waals surface area contributed by atoms with Crippen LogP contribution in [0.1, 0.15) is 51.4 Å². The minimum atomic E-state index is -3.40. The van der Waals surface area contributed by atoms with Crippen LogP contribution in [0, 0.1) is 11.7 Å². The van der Waals surface area contributed by atoms with Crippen LogP contribution in [0.2, 0.25) is 0 Å². The zero-order valence-electron chi connectivity index (χ0n) is 22.6. The number of amides is 1. The first-order valence-electron chi connectivity index (χ1n) is 12.3. The predicted octanol–water partition coefficient (Wildman–Crippen LogP) is 4.33. The molecule has 0 unspecified atom stereocenters. The van der Waals surface area contributed by atoms with Crippen molar-refractivity contribution in [2.45, 2.75) is 59.2 Å². The van der Waals surface area contributed by atoms with Crippen molar-refractivity contribution in [2.24, 2.45) is 5.92 Å². The maximum atomic E-state index is 15.6. The Morgan fingerprint density at radius 2 is 1.95 bits per heavy atom. The van der Waals surface area contributed by atoms with Gasteiger partial charge in [-0.25, -0.2) is 22.6 Å². The molecule has 2 aromatic rings. The fraction of sp³-hybridized carbons (Fsp3) is 0.560. The molecule has 3 rings (SSSR count). The Kier molecular flexibility index (Phi) is 8.57. The van der Waals surface area contributed by atoms with Crippen LogP contribution in [-0.2, 0) is 15.9 Å². The lowest BCUT2D eigenvalue weighted by Crippen LogP contribution is -2.43. The number of fused-ring (bicyclic) bond motifs is 1. The number of ether oxygens (including phenoxy) is 2. The highest BCUT2D eigenvalue weighted by molar-refractivity contribution is 6.38. The number of aromatic nitrogens is 1. The molecular weight excluding hydrogens is 506 g/mol. The number of carbonyl (C=O) groups excluding carboxylic acids is 2. The van der Waals surface area contributed by atoms with Gasteiger partial charge in [0.25, 0.3) is 0 Å². The number of hydrogen-bond donors (Lipinski definition) is 0. The van der Waals surface area contributed by atoms with Gasteiger partial charge in [-0.2, -0.15) is 0 Å². The number of methoxy groups -OCH3 is 1. The smallest absolute Gasteiger partial charge is 0.492 e. The lowest BCUT2D eigenvalue weighted by Gasteiger charge is -2.32. The molecule has 0 bridgehead atoms. The van der Waals surface area contributed by atoms with Gasteiger partial charge in [-0.05, 0) is 53.0 Å². The second-order valence-electron chi connectivity index (χ2n) is 10.3. The average Bonchev–Trinajstić information content (AvgIpc) is 3.30. The van der Waals surface area contributed by atoms with E-state index >= 15 is 4.39 Å². The lowest BCUT2D eigenvalue weighted by molar-refractivity contribution is 0.0192. The molecule has 208 valence electrons. The summed E-state index contributed by atoms with van der Waals surface area (Å²) < 4.78 is 57.2. The SMILES string of the molecule is CCn1cc(C(=O)OB(F)F)c(=O)c2cc(F)c(N3CC[C@@H]([C@H](C)N(C)C(=O)OC(C)(C)C)C3)c(OC)c21. The number of nitrogens with zero attached hydrogens (tertiary/aromatic N) is 3. The molecule has 0 saturated carbocycles. The topological polar surface area (TPSA) is 90.3 Å². The lowest BCUT2D eigenvalue weighted by atomic mass is 9.99. The van der Waals surface area contributed by atoms with Gasteiger partial charge >= 0.3 is 19.5 Å². The Morgan fingerprint density at radius 3 is 2.50 bits per heavy atom. The van der Waals surface area contributed by atoms with Crippen molar-refractivity contribution < 1.29 is 36.7 Å². The number of anilines is 1. The predicted molar refractivity (Wildman–Crippen MR) is 138 cm³/mol. The fourth-order valence-corrected chi connectivity index (χ4v) is 4.72. The molecule has 1 aliphatic rings. The molecular formula is C25H33BF3N3O6. The molecule has 0 spiro atoms. The molecule has 1 aromatic carbocycles. The largest absolute Gasteiger partial charge is 0.798 e. The van der Waals surface area contributed by atoms with E-state index in [1.165, 1.54) is 16.6 Å². The van der Waals surface area contributed by atoms with Crippen LogP contribution in [0.3, 0.4) is 0 Å². The molecule has 0 N–H and O–H groups in total. The minimum Gasteiger partial charge on any atom is -0.492 e. The second kappa shape index (κ2) is 11.2. The van der Waals surface area contributed by atoms with Crippen LogP contribution in [-0.4, -0.2) is 67.9 Å². The Hall–Kier alpha value is -3.38. The van der Waals surface area contributed by atoms with Gasteiger partial charge in [0.15, 0.2) is 11.6 Å². The Balaban J connectivity index is 2.00. The third-order valence-electron chi connectivity index (χ3n) is 6.72. The van der Waals surface area contributed by atoms with E-state index in [9.17, 15) is 23.0 Å². The Morgan fingerprint density at radius 1 is 1.29 bits per heavy atom. The van der Waals surface area contributed by atoms with E-state index in [2.05, 4.69) is 4.65 Å². The zero-order valence-corrected chi connectivity index (χ0v) is 22.6. The molecule has 0 aliphatic carbocycles. The highest BCUT2D eigenvalue weighted by Crippen LogP contribution is 2.41. The van der Waals surface area contributed by atoms with Crippen molar-refractivity contribution >= 4 is 36.1 Å². The highest BCUT2D eigenvalue weighted by atomic mass is 19.2. The average molecular weight is 539 g/mol. The van der Waals surface area contributed by atoms with Gasteiger partial charge < -0.3 is 28.5 Å². The summed E-state index contributed by atoms with van der Waals surface area (Å²) in [5, 5.41) is -0.192. The summed E-state index contributed by atoms with van der Waals surface area (Å²) >= 11 is 0. The van der Waals surface area contributed by atoms with Gasteiger partial charge in [0, 0.05) is 38.9 Å². The summed E-state index contributed by atoms with van der Waals surface area (Å²) in [5.74, 6) is -2.18. The van der Waals surface area contributed by atoms with E-state index in [0.29, 0.717) is 19.5 Å². The third kappa shape index (κ3) is 5.86. The van der Waals surface area contributed by atoms with Crippen LogP contribution in [0.15, 0.2) is 17.1 Å². The summed E-state index contributed by atoms with van der Waals surface area (Å²) in [6.45, 7) is 10.1. The van der Waals surface area contributed by atoms with Crippen LogP contribution in [0.4, 0.5) is 23.5 Å². The van der Waals surface area contributed by atoms with Gasteiger partial charge in [0.2, 0.25) is 5.43 Å².